The maximum atomic E-state index is 13.3. The Bertz CT molecular complexity index is 928. The number of rotatable bonds is 3. The van der Waals surface area contributed by atoms with Gasteiger partial charge in [-0.3, -0.25) is 9.59 Å². The van der Waals surface area contributed by atoms with Gasteiger partial charge in [-0.2, -0.15) is 0 Å². The van der Waals surface area contributed by atoms with Crippen LogP contribution in [0.4, 0.5) is 4.39 Å². The van der Waals surface area contributed by atoms with Gasteiger partial charge in [-0.25, -0.2) is 4.39 Å². The third kappa shape index (κ3) is 3.55. The average molecular weight is 392 g/mol. The number of ketones is 1. The van der Waals surface area contributed by atoms with Gasteiger partial charge in [-0.05, 0) is 45.0 Å². The molecular weight excluding hydrogens is 373 g/mol. The van der Waals surface area contributed by atoms with E-state index in [0.717, 1.165) is 6.07 Å². The molecule has 5 nitrogen and oxygen atoms in total. The van der Waals surface area contributed by atoms with Crippen molar-refractivity contribution in [3.05, 3.63) is 63.9 Å². The number of hydrogen-bond donors (Lipinski definition) is 2. The van der Waals surface area contributed by atoms with Gasteiger partial charge in [-0.1, -0.05) is 23.7 Å². The van der Waals surface area contributed by atoms with Gasteiger partial charge in [0.05, 0.1) is 16.6 Å². The predicted molar refractivity (Wildman–Crippen MR) is 98.8 cm³/mol. The molecule has 0 saturated carbocycles. The van der Waals surface area contributed by atoms with Crippen molar-refractivity contribution >= 4 is 23.3 Å². The number of carbonyl (C=O) groups is 2. The topological polar surface area (TPSA) is 75.6 Å². The fraction of sp³-hybridized carbons (Fsp3) is 0.300. The summed E-state index contributed by atoms with van der Waals surface area (Å²) < 4.78 is 19.2. The molecule has 0 unspecified atom stereocenters. The first-order valence-electron chi connectivity index (χ1n) is 8.38. The third-order valence-electron chi connectivity index (χ3n) is 4.62. The summed E-state index contributed by atoms with van der Waals surface area (Å²) in [4.78, 5) is 24.6. The number of ether oxygens (including phenoxy) is 1. The molecule has 3 rings (SSSR count). The largest absolute Gasteiger partial charge is 0.484 e. The molecule has 2 N–H and O–H groups in total. The second kappa shape index (κ2) is 6.94. The molecule has 0 aliphatic carbocycles. The van der Waals surface area contributed by atoms with Crippen LogP contribution in [-0.4, -0.2) is 28.5 Å². The van der Waals surface area contributed by atoms with Crippen molar-refractivity contribution in [1.82, 2.24) is 5.32 Å². The maximum absolute atomic E-state index is 13.3. The zero-order chi connectivity index (χ0) is 19.9. The Hall–Kier alpha value is -2.44. The zero-order valence-corrected chi connectivity index (χ0v) is 15.8. The van der Waals surface area contributed by atoms with E-state index in [-0.39, 0.29) is 16.4 Å². The first-order valence-corrected chi connectivity index (χ1v) is 8.76. The molecule has 2 atom stereocenters. The Morgan fingerprint density at radius 2 is 1.96 bits per heavy atom. The molecule has 1 aliphatic heterocycles. The lowest BCUT2D eigenvalue weighted by molar-refractivity contribution is -0.0630. The summed E-state index contributed by atoms with van der Waals surface area (Å²) in [7, 11) is 0. The van der Waals surface area contributed by atoms with Gasteiger partial charge >= 0.3 is 0 Å². The Labute approximate surface area is 161 Å². The number of benzene rings is 2. The standard InChI is InChI=1S/C20H19ClFNO4/c1-10(24)12-5-4-6-13-16(18(25)20(2,3)27-17(12)13)23-19(26)11-7-8-15(22)14(21)9-11/h4-9,16,18,25H,1-3H3,(H,23,26)/t16-,18-/m0/s1. The molecule has 1 amide bonds. The van der Waals surface area contributed by atoms with E-state index in [1.165, 1.54) is 19.1 Å². The summed E-state index contributed by atoms with van der Waals surface area (Å²) in [6.45, 7) is 4.77. The molecule has 0 aromatic heterocycles. The molecule has 0 spiro atoms. The zero-order valence-electron chi connectivity index (χ0n) is 15.0. The van der Waals surface area contributed by atoms with Gasteiger partial charge in [0, 0.05) is 11.1 Å². The minimum absolute atomic E-state index is 0.155. The normalized spacial score (nSPS) is 20.4. The molecule has 0 fully saturated rings. The van der Waals surface area contributed by atoms with Crippen LogP contribution in [0.25, 0.3) is 0 Å². The van der Waals surface area contributed by atoms with Crippen molar-refractivity contribution < 1.29 is 23.8 Å². The van der Waals surface area contributed by atoms with Gasteiger partial charge in [0.15, 0.2) is 5.78 Å². The summed E-state index contributed by atoms with van der Waals surface area (Å²) in [5, 5.41) is 13.3. The first kappa shape index (κ1) is 19.3. The van der Waals surface area contributed by atoms with E-state index >= 15 is 0 Å². The highest BCUT2D eigenvalue weighted by molar-refractivity contribution is 6.31. The molecule has 1 aliphatic rings. The van der Waals surface area contributed by atoms with Gasteiger partial charge < -0.3 is 15.2 Å². The monoisotopic (exact) mass is 391 g/mol. The maximum Gasteiger partial charge on any atom is 0.251 e. The summed E-state index contributed by atoms with van der Waals surface area (Å²) in [6, 6.07) is 7.79. The van der Waals surface area contributed by atoms with Crippen molar-refractivity contribution in [1.29, 1.82) is 0 Å². The van der Waals surface area contributed by atoms with E-state index in [1.807, 2.05) is 0 Å². The summed E-state index contributed by atoms with van der Waals surface area (Å²) in [6.07, 6.45) is -1.08. The van der Waals surface area contributed by atoms with Gasteiger partial charge in [0.1, 0.15) is 23.3 Å². The lowest BCUT2D eigenvalue weighted by Crippen LogP contribution is -2.53. The number of nitrogens with one attached hydrogen (secondary N) is 1. The molecule has 1 heterocycles. The number of aliphatic hydroxyl groups is 1. The van der Waals surface area contributed by atoms with Crippen molar-refractivity contribution in [3.8, 4) is 5.75 Å². The summed E-state index contributed by atoms with van der Waals surface area (Å²) >= 11 is 5.75. The molecule has 27 heavy (non-hydrogen) atoms. The van der Waals surface area contributed by atoms with E-state index in [4.69, 9.17) is 16.3 Å². The second-order valence-electron chi connectivity index (χ2n) is 7.01. The van der Waals surface area contributed by atoms with Crippen LogP contribution >= 0.6 is 11.6 Å². The van der Waals surface area contributed by atoms with E-state index in [0.29, 0.717) is 16.9 Å². The molecular formula is C20H19ClFNO4. The minimum atomic E-state index is -1.08. The molecule has 2 aromatic carbocycles. The van der Waals surface area contributed by atoms with Crippen molar-refractivity contribution in [2.24, 2.45) is 0 Å². The highest BCUT2D eigenvalue weighted by atomic mass is 35.5. The Morgan fingerprint density at radius 3 is 2.59 bits per heavy atom. The highest BCUT2D eigenvalue weighted by Crippen LogP contribution is 2.42. The van der Waals surface area contributed by atoms with Crippen LogP contribution in [0.1, 0.15) is 53.1 Å². The lowest BCUT2D eigenvalue weighted by atomic mass is 9.85. The van der Waals surface area contributed by atoms with Crippen molar-refractivity contribution in [2.45, 2.75) is 38.5 Å². The number of halogens is 2. The van der Waals surface area contributed by atoms with Crippen LogP contribution < -0.4 is 10.1 Å². The smallest absolute Gasteiger partial charge is 0.251 e. The van der Waals surface area contributed by atoms with Crippen LogP contribution in [0.3, 0.4) is 0 Å². The minimum Gasteiger partial charge on any atom is -0.484 e. The van der Waals surface area contributed by atoms with Crippen LogP contribution in [0.2, 0.25) is 5.02 Å². The van der Waals surface area contributed by atoms with E-state index < -0.39 is 29.5 Å². The average Bonchev–Trinajstić information content (AvgIpc) is 2.60. The number of aliphatic hydroxyl groups excluding tert-OH is 1. The van der Waals surface area contributed by atoms with Crippen LogP contribution in [0.15, 0.2) is 36.4 Å². The first-order chi connectivity index (χ1) is 12.6. The summed E-state index contributed by atoms with van der Waals surface area (Å²) in [5.41, 5.74) is -0.0217. The molecule has 2 aromatic rings. The molecule has 0 radical (unpaired) electrons. The number of amides is 1. The number of para-hydroxylation sites is 1. The van der Waals surface area contributed by atoms with Crippen LogP contribution in [0.5, 0.6) is 5.75 Å². The third-order valence-corrected chi connectivity index (χ3v) is 4.91. The van der Waals surface area contributed by atoms with Crippen LogP contribution in [0, 0.1) is 5.82 Å². The number of Topliss-reactive ketones (excluding diaryl/α,β-unsaturated/α-hetero) is 1. The Morgan fingerprint density at radius 1 is 1.26 bits per heavy atom. The van der Waals surface area contributed by atoms with E-state index in [2.05, 4.69) is 5.32 Å². The van der Waals surface area contributed by atoms with Gasteiger partial charge in [-0.15, -0.1) is 0 Å². The molecule has 7 heteroatoms. The fourth-order valence-corrected chi connectivity index (χ4v) is 3.28. The molecule has 142 valence electrons. The van der Waals surface area contributed by atoms with E-state index in [9.17, 15) is 19.1 Å². The number of hydrogen-bond acceptors (Lipinski definition) is 4. The van der Waals surface area contributed by atoms with Crippen molar-refractivity contribution in [2.75, 3.05) is 0 Å². The molecule has 0 bridgehead atoms. The number of carbonyl (C=O) groups excluding carboxylic acids is 2. The number of fused-ring (bicyclic) bond motifs is 1. The molecule has 0 saturated heterocycles. The van der Waals surface area contributed by atoms with E-state index in [1.54, 1.807) is 32.0 Å². The van der Waals surface area contributed by atoms with Crippen molar-refractivity contribution in [3.63, 3.8) is 0 Å². The Kier molecular flexibility index (Phi) is 4.97. The Balaban J connectivity index is 2.02. The fourth-order valence-electron chi connectivity index (χ4n) is 3.10. The SMILES string of the molecule is CC(=O)c1cccc2c1OC(C)(C)[C@@H](O)[C@H]2NC(=O)c1ccc(F)c(Cl)c1. The quantitative estimate of drug-likeness (QED) is 0.782. The van der Waals surface area contributed by atoms with Crippen LogP contribution in [-0.2, 0) is 0 Å². The highest BCUT2D eigenvalue weighted by Gasteiger charge is 2.44. The predicted octanol–water partition coefficient (Wildman–Crippen LogP) is 3.68. The van der Waals surface area contributed by atoms with Gasteiger partial charge in [0.2, 0.25) is 0 Å². The van der Waals surface area contributed by atoms with Gasteiger partial charge in [0.25, 0.3) is 5.91 Å². The second-order valence-corrected chi connectivity index (χ2v) is 7.42. The lowest BCUT2D eigenvalue weighted by Gasteiger charge is -2.42. The summed E-state index contributed by atoms with van der Waals surface area (Å²) in [5.74, 6) is -1.01.